The van der Waals surface area contributed by atoms with Gasteiger partial charge in [0.05, 0.1) is 5.92 Å². The maximum atomic E-state index is 12.5. The van der Waals surface area contributed by atoms with Crippen LogP contribution in [0.3, 0.4) is 0 Å². The molecule has 2 heteroatoms. The first-order valence-corrected chi connectivity index (χ1v) is 8.01. The summed E-state index contributed by atoms with van der Waals surface area (Å²) in [5.41, 5.74) is 1.22. The summed E-state index contributed by atoms with van der Waals surface area (Å²) < 4.78 is 1.07. The third kappa shape index (κ3) is 3.33. The Labute approximate surface area is 133 Å². The van der Waals surface area contributed by atoms with Crippen molar-refractivity contribution in [2.45, 2.75) is 12.3 Å². The number of allylic oxidation sites excluding steroid dienone is 8. The van der Waals surface area contributed by atoms with Crippen LogP contribution in [0, 0.1) is 11.8 Å². The Morgan fingerprint density at radius 3 is 2.14 bits per heavy atom. The van der Waals surface area contributed by atoms with E-state index in [1.165, 1.54) is 5.56 Å². The zero-order valence-corrected chi connectivity index (χ0v) is 13.2. The van der Waals surface area contributed by atoms with Crippen LogP contribution in [0.5, 0.6) is 0 Å². The van der Waals surface area contributed by atoms with Gasteiger partial charge in [0.25, 0.3) is 0 Å². The van der Waals surface area contributed by atoms with E-state index in [0.717, 1.165) is 4.47 Å². The summed E-state index contributed by atoms with van der Waals surface area (Å²) in [6, 6.07) is 8.32. The lowest BCUT2D eigenvalue weighted by Crippen LogP contribution is -2.17. The monoisotopic (exact) mass is 340 g/mol. The van der Waals surface area contributed by atoms with Crippen molar-refractivity contribution < 1.29 is 4.79 Å². The molecule has 0 fully saturated rings. The van der Waals surface area contributed by atoms with E-state index in [2.05, 4.69) is 52.4 Å². The molecule has 0 saturated heterocycles. The summed E-state index contributed by atoms with van der Waals surface area (Å²) >= 11 is 3.47. The summed E-state index contributed by atoms with van der Waals surface area (Å²) in [6.45, 7) is 0. The SMILES string of the molecule is O=C(C[C@H](c1ccc(Br)cc1)C1C=CC=C1)C1C=CC=C1. The molecular formula is C19H17BrO. The lowest BCUT2D eigenvalue weighted by atomic mass is 9.81. The normalized spacial score (nSPS) is 18.7. The Balaban J connectivity index is 1.82. The first-order chi connectivity index (χ1) is 10.2. The van der Waals surface area contributed by atoms with Gasteiger partial charge in [-0.1, -0.05) is 76.7 Å². The quantitative estimate of drug-likeness (QED) is 0.738. The number of Topliss-reactive ketones (excluding diaryl/α,β-unsaturated/α-hetero) is 1. The second kappa shape index (κ2) is 6.40. The summed E-state index contributed by atoms with van der Waals surface area (Å²) in [5, 5.41) is 0. The Morgan fingerprint density at radius 1 is 0.952 bits per heavy atom. The Hall–Kier alpha value is -1.67. The van der Waals surface area contributed by atoms with Crippen molar-refractivity contribution in [3.63, 3.8) is 0 Å². The van der Waals surface area contributed by atoms with E-state index >= 15 is 0 Å². The van der Waals surface area contributed by atoms with Crippen LogP contribution < -0.4 is 0 Å². The number of ketones is 1. The Bertz CT molecular complexity index is 610. The average Bonchev–Trinajstić information content (AvgIpc) is 3.19. The highest BCUT2D eigenvalue weighted by Gasteiger charge is 2.26. The number of halogens is 1. The van der Waals surface area contributed by atoms with Crippen LogP contribution in [0.25, 0.3) is 0 Å². The minimum absolute atomic E-state index is 0.0442. The van der Waals surface area contributed by atoms with E-state index in [4.69, 9.17) is 0 Å². The van der Waals surface area contributed by atoms with Crippen LogP contribution in [0.2, 0.25) is 0 Å². The first-order valence-electron chi connectivity index (χ1n) is 7.22. The van der Waals surface area contributed by atoms with Crippen LogP contribution >= 0.6 is 15.9 Å². The zero-order valence-electron chi connectivity index (χ0n) is 11.7. The van der Waals surface area contributed by atoms with Crippen molar-refractivity contribution in [1.82, 2.24) is 0 Å². The number of benzene rings is 1. The van der Waals surface area contributed by atoms with Crippen molar-refractivity contribution in [3.8, 4) is 0 Å². The molecule has 0 aliphatic heterocycles. The van der Waals surface area contributed by atoms with Crippen LogP contribution in [-0.4, -0.2) is 5.78 Å². The van der Waals surface area contributed by atoms with Gasteiger partial charge in [-0.25, -0.2) is 0 Å². The summed E-state index contributed by atoms with van der Waals surface area (Å²) in [7, 11) is 0. The number of hydrogen-bond acceptors (Lipinski definition) is 1. The fraction of sp³-hybridized carbons (Fsp3) is 0.211. The van der Waals surface area contributed by atoms with Gasteiger partial charge in [-0.3, -0.25) is 4.79 Å². The van der Waals surface area contributed by atoms with Crippen LogP contribution in [0.4, 0.5) is 0 Å². The molecule has 0 aromatic heterocycles. The van der Waals surface area contributed by atoms with E-state index in [9.17, 15) is 4.79 Å². The minimum atomic E-state index is -0.0442. The van der Waals surface area contributed by atoms with E-state index in [0.29, 0.717) is 18.1 Å². The van der Waals surface area contributed by atoms with Crippen molar-refractivity contribution in [2.75, 3.05) is 0 Å². The van der Waals surface area contributed by atoms with Crippen LogP contribution in [0.1, 0.15) is 17.9 Å². The lowest BCUT2D eigenvalue weighted by molar-refractivity contribution is -0.120. The van der Waals surface area contributed by atoms with Crippen LogP contribution in [-0.2, 0) is 4.79 Å². The van der Waals surface area contributed by atoms with Gasteiger partial charge in [-0.15, -0.1) is 0 Å². The number of hydrogen-bond donors (Lipinski definition) is 0. The number of rotatable bonds is 5. The molecule has 1 aromatic rings. The third-order valence-electron chi connectivity index (χ3n) is 4.08. The van der Waals surface area contributed by atoms with Gasteiger partial charge in [0.1, 0.15) is 5.78 Å². The second-order valence-corrected chi connectivity index (χ2v) is 6.39. The topological polar surface area (TPSA) is 17.1 Å². The van der Waals surface area contributed by atoms with Crippen molar-refractivity contribution in [1.29, 1.82) is 0 Å². The van der Waals surface area contributed by atoms with Gasteiger partial charge in [-0.05, 0) is 17.7 Å². The smallest absolute Gasteiger partial charge is 0.144 e. The van der Waals surface area contributed by atoms with Gasteiger partial charge < -0.3 is 0 Å². The molecule has 106 valence electrons. The first kappa shape index (κ1) is 14.3. The molecule has 1 nitrogen and oxygen atoms in total. The highest BCUT2D eigenvalue weighted by molar-refractivity contribution is 9.10. The van der Waals surface area contributed by atoms with E-state index in [1.54, 1.807) is 0 Å². The minimum Gasteiger partial charge on any atom is -0.299 e. The van der Waals surface area contributed by atoms with Gasteiger partial charge in [0, 0.05) is 22.7 Å². The standard InChI is InChI=1S/C19H17BrO/c20-17-11-9-15(10-12-17)18(14-5-1-2-6-14)13-19(21)16-7-3-4-8-16/h1-12,14,16,18H,13H2/t18-/m0/s1. The molecule has 21 heavy (non-hydrogen) atoms. The maximum Gasteiger partial charge on any atom is 0.144 e. The van der Waals surface area contributed by atoms with E-state index in [-0.39, 0.29) is 11.8 Å². The largest absolute Gasteiger partial charge is 0.299 e. The fourth-order valence-corrected chi connectivity index (χ4v) is 3.17. The molecule has 2 aliphatic carbocycles. The molecule has 0 amide bonds. The number of carbonyl (C=O) groups is 1. The fourth-order valence-electron chi connectivity index (χ4n) is 2.90. The van der Waals surface area contributed by atoms with Crippen LogP contribution in [0.15, 0.2) is 77.3 Å². The maximum absolute atomic E-state index is 12.5. The molecular weight excluding hydrogens is 324 g/mol. The molecule has 0 N–H and O–H groups in total. The predicted octanol–water partition coefficient (Wildman–Crippen LogP) is 4.98. The number of carbonyl (C=O) groups excluding carboxylic acids is 1. The zero-order chi connectivity index (χ0) is 14.7. The molecule has 1 aromatic carbocycles. The lowest BCUT2D eigenvalue weighted by Gasteiger charge is -2.22. The molecule has 1 atom stereocenters. The molecule has 0 bridgehead atoms. The van der Waals surface area contributed by atoms with Gasteiger partial charge in [0.2, 0.25) is 0 Å². The highest BCUT2D eigenvalue weighted by atomic mass is 79.9. The van der Waals surface area contributed by atoms with Gasteiger partial charge in [-0.2, -0.15) is 0 Å². The van der Waals surface area contributed by atoms with Gasteiger partial charge >= 0.3 is 0 Å². The predicted molar refractivity (Wildman–Crippen MR) is 90.0 cm³/mol. The highest BCUT2D eigenvalue weighted by Crippen LogP contribution is 2.34. The summed E-state index contributed by atoms with van der Waals surface area (Å²) in [5.74, 6) is 0.770. The average molecular weight is 341 g/mol. The molecule has 2 aliphatic rings. The molecule has 0 spiro atoms. The Kier molecular flexibility index (Phi) is 4.35. The summed E-state index contributed by atoms with van der Waals surface area (Å²) in [4.78, 5) is 12.5. The molecule has 0 saturated carbocycles. The molecule has 0 heterocycles. The van der Waals surface area contributed by atoms with Crippen molar-refractivity contribution in [3.05, 3.63) is 82.9 Å². The van der Waals surface area contributed by atoms with Crippen molar-refractivity contribution >= 4 is 21.7 Å². The Morgan fingerprint density at radius 2 is 1.52 bits per heavy atom. The van der Waals surface area contributed by atoms with Gasteiger partial charge in [0.15, 0.2) is 0 Å². The molecule has 3 rings (SSSR count). The molecule has 0 radical (unpaired) electrons. The van der Waals surface area contributed by atoms with E-state index < -0.39 is 0 Å². The van der Waals surface area contributed by atoms with Crippen molar-refractivity contribution in [2.24, 2.45) is 11.8 Å². The van der Waals surface area contributed by atoms with E-state index in [1.807, 2.05) is 36.4 Å². The third-order valence-corrected chi connectivity index (χ3v) is 4.61. The summed E-state index contributed by atoms with van der Waals surface area (Å²) in [6.07, 6.45) is 16.9. The molecule has 0 unspecified atom stereocenters. The second-order valence-electron chi connectivity index (χ2n) is 5.47.